The highest BCUT2D eigenvalue weighted by molar-refractivity contribution is 7.85. The zero-order valence-electron chi connectivity index (χ0n) is 6.57. The van der Waals surface area contributed by atoms with Gasteiger partial charge in [0.2, 0.25) is 0 Å². The van der Waals surface area contributed by atoms with Crippen molar-refractivity contribution in [3.05, 3.63) is 0 Å². The molecule has 66 valence electrons. The largest absolute Gasteiger partial charge is 0.376 e. The maximum atomic E-state index is 10.4. The Bertz CT molecular complexity index is 241. The molecule has 0 saturated carbocycles. The van der Waals surface area contributed by atoms with Crippen LogP contribution in [0, 0.1) is 5.41 Å². The van der Waals surface area contributed by atoms with Crippen molar-refractivity contribution in [1.29, 1.82) is 0 Å². The van der Waals surface area contributed by atoms with Crippen LogP contribution < -0.4 is 0 Å². The molecule has 1 unspecified atom stereocenters. The Balaban J connectivity index is 2.53. The summed E-state index contributed by atoms with van der Waals surface area (Å²) in [4.78, 5) is 0. The molecule has 1 atom stereocenters. The SMILES string of the molecule is CC1(C)COC1CS(=O)(=O)O. The average Bonchev–Trinajstić information content (AvgIpc) is 1.79. The van der Waals surface area contributed by atoms with E-state index in [1.54, 1.807) is 0 Å². The Kier molecular flexibility index (Phi) is 1.98. The average molecular weight is 180 g/mol. The molecule has 4 nitrogen and oxygen atoms in total. The molecule has 5 heteroatoms. The van der Waals surface area contributed by atoms with Crippen molar-refractivity contribution in [2.45, 2.75) is 20.0 Å². The maximum Gasteiger partial charge on any atom is 0.267 e. The van der Waals surface area contributed by atoms with E-state index >= 15 is 0 Å². The van der Waals surface area contributed by atoms with Gasteiger partial charge in [-0.3, -0.25) is 4.55 Å². The van der Waals surface area contributed by atoms with Crippen LogP contribution in [0.25, 0.3) is 0 Å². The molecule has 0 amide bonds. The first-order valence-corrected chi connectivity index (χ1v) is 4.99. The summed E-state index contributed by atoms with van der Waals surface area (Å²) in [5.41, 5.74) is -0.115. The van der Waals surface area contributed by atoms with Gasteiger partial charge in [0.05, 0.1) is 12.7 Å². The number of ether oxygens (including phenoxy) is 1. The summed E-state index contributed by atoms with van der Waals surface area (Å²) in [6, 6.07) is 0. The normalized spacial score (nSPS) is 29.5. The fourth-order valence-corrected chi connectivity index (χ4v) is 1.93. The molecule has 1 saturated heterocycles. The van der Waals surface area contributed by atoms with Crippen molar-refractivity contribution < 1.29 is 17.7 Å². The van der Waals surface area contributed by atoms with Gasteiger partial charge in [-0.1, -0.05) is 13.8 Å². The summed E-state index contributed by atoms with van der Waals surface area (Å²) < 4.78 is 34.3. The second kappa shape index (κ2) is 2.43. The molecular formula is C6H12O4S. The molecular weight excluding hydrogens is 168 g/mol. The van der Waals surface area contributed by atoms with Gasteiger partial charge in [-0.25, -0.2) is 0 Å². The zero-order valence-corrected chi connectivity index (χ0v) is 7.39. The van der Waals surface area contributed by atoms with E-state index in [0.29, 0.717) is 6.61 Å². The molecule has 0 bridgehead atoms. The third kappa shape index (κ3) is 2.15. The quantitative estimate of drug-likeness (QED) is 0.621. The van der Waals surface area contributed by atoms with Crippen molar-refractivity contribution in [2.24, 2.45) is 5.41 Å². The number of rotatable bonds is 2. The van der Waals surface area contributed by atoms with Gasteiger partial charge in [0.1, 0.15) is 5.75 Å². The smallest absolute Gasteiger partial charge is 0.267 e. The maximum absolute atomic E-state index is 10.4. The van der Waals surface area contributed by atoms with Crippen LogP contribution in [0.4, 0.5) is 0 Å². The summed E-state index contributed by atoms with van der Waals surface area (Å²) >= 11 is 0. The van der Waals surface area contributed by atoms with Gasteiger partial charge in [0.25, 0.3) is 10.1 Å². The van der Waals surface area contributed by atoms with Gasteiger partial charge in [0.15, 0.2) is 0 Å². The lowest BCUT2D eigenvalue weighted by Crippen LogP contribution is -2.51. The number of hydrogen-bond acceptors (Lipinski definition) is 3. The molecule has 1 fully saturated rings. The van der Waals surface area contributed by atoms with Crippen molar-refractivity contribution in [3.8, 4) is 0 Å². The predicted molar refractivity (Wildman–Crippen MR) is 39.9 cm³/mol. The van der Waals surface area contributed by atoms with E-state index < -0.39 is 10.1 Å². The van der Waals surface area contributed by atoms with E-state index in [1.807, 2.05) is 13.8 Å². The standard InChI is InChI=1S/C6H12O4S/c1-6(2)4-10-5(6)3-11(7,8)9/h5H,3-4H2,1-2H3,(H,7,8,9). The van der Waals surface area contributed by atoms with E-state index in [2.05, 4.69) is 0 Å². The Morgan fingerprint density at radius 1 is 1.64 bits per heavy atom. The van der Waals surface area contributed by atoms with Crippen LogP contribution >= 0.6 is 0 Å². The van der Waals surface area contributed by atoms with Gasteiger partial charge < -0.3 is 4.74 Å². The minimum absolute atomic E-state index is 0.115. The molecule has 11 heavy (non-hydrogen) atoms. The molecule has 1 aliphatic heterocycles. The van der Waals surface area contributed by atoms with Crippen molar-refractivity contribution in [2.75, 3.05) is 12.4 Å². The van der Waals surface area contributed by atoms with Crippen LogP contribution in [0.2, 0.25) is 0 Å². The van der Waals surface area contributed by atoms with Crippen LogP contribution in [0.3, 0.4) is 0 Å². The third-order valence-corrected chi connectivity index (χ3v) is 2.61. The van der Waals surface area contributed by atoms with Crippen LogP contribution in [-0.4, -0.2) is 31.4 Å². The fourth-order valence-electron chi connectivity index (χ4n) is 1.000. The summed E-state index contributed by atoms with van der Waals surface area (Å²) in [5.74, 6) is -0.292. The lowest BCUT2D eigenvalue weighted by atomic mass is 9.84. The second-order valence-electron chi connectivity index (χ2n) is 3.54. The highest BCUT2D eigenvalue weighted by atomic mass is 32.2. The molecule has 0 aromatic heterocycles. The highest BCUT2D eigenvalue weighted by Crippen LogP contribution is 2.34. The second-order valence-corrected chi connectivity index (χ2v) is 5.03. The Hall–Kier alpha value is -0.130. The Morgan fingerprint density at radius 2 is 2.18 bits per heavy atom. The minimum atomic E-state index is -3.88. The van der Waals surface area contributed by atoms with Crippen molar-refractivity contribution >= 4 is 10.1 Å². The molecule has 0 aromatic carbocycles. The van der Waals surface area contributed by atoms with Crippen LogP contribution in [0.1, 0.15) is 13.8 Å². The van der Waals surface area contributed by atoms with E-state index in [-0.39, 0.29) is 17.3 Å². The van der Waals surface area contributed by atoms with Gasteiger partial charge in [-0.15, -0.1) is 0 Å². The van der Waals surface area contributed by atoms with Gasteiger partial charge in [0, 0.05) is 5.41 Å². The molecule has 0 aromatic rings. The molecule has 1 N–H and O–H groups in total. The summed E-state index contributed by atoms with van der Waals surface area (Å²) in [6.07, 6.45) is -0.350. The fraction of sp³-hybridized carbons (Fsp3) is 1.00. The molecule has 0 aliphatic carbocycles. The lowest BCUT2D eigenvalue weighted by Gasteiger charge is -2.43. The van der Waals surface area contributed by atoms with E-state index in [1.165, 1.54) is 0 Å². The minimum Gasteiger partial charge on any atom is -0.376 e. The zero-order chi connectivity index (χ0) is 8.70. The van der Waals surface area contributed by atoms with Crippen LogP contribution in [-0.2, 0) is 14.9 Å². The van der Waals surface area contributed by atoms with E-state index in [0.717, 1.165) is 0 Å². The van der Waals surface area contributed by atoms with Crippen LogP contribution in [0.15, 0.2) is 0 Å². The van der Waals surface area contributed by atoms with Crippen molar-refractivity contribution in [3.63, 3.8) is 0 Å². The first-order valence-electron chi connectivity index (χ1n) is 3.38. The first kappa shape index (κ1) is 8.96. The van der Waals surface area contributed by atoms with Crippen molar-refractivity contribution in [1.82, 2.24) is 0 Å². The Morgan fingerprint density at radius 3 is 2.27 bits per heavy atom. The Labute approximate surface area is 66.3 Å². The third-order valence-electron chi connectivity index (χ3n) is 1.89. The monoisotopic (exact) mass is 180 g/mol. The first-order chi connectivity index (χ1) is 4.81. The molecule has 1 heterocycles. The molecule has 1 rings (SSSR count). The topological polar surface area (TPSA) is 63.6 Å². The molecule has 0 radical (unpaired) electrons. The van der Waals surface area contributed by atoms with E-state index in [9.17, 15) is 8.42 Å². The highest BCUT2D eigenvalue weighted by Gasteiger charge is 2.42. The van der Waals surface area contributed by atoms with Crippen LogP contribution in [0.5, 0.6) is 0 Å². The molecule has 0 spiro atoms. The molecule has 1 aliphatic rings. The number of hydrogen-bond donors (Lipinski definition) is 1. The summed E-state index contributed by atoms with van der Waals surface area (Å²) in [6.45, 7) is 4.38. The van der Waals surface area contributed by atoms with Gasteiger partial charge in [-0.05, 0) is 0 Å². The van der Waals surface area contributed by atoms with Gasteiger partial charge >= 0.3 is 0 Å². The van der Waals surface area contributed by atoms with E-state index in [4.69, 9.17) is 9.29 Å². The summed E-state index contributed by atoms with van der Waals surface area (Å²) in [7, 11) is -3.88. The van der Waals surface area contributed by atoms with Gasteiger partial charge in [-0.2, -0.15) is 8.42 Å². The summed E-state index contributed by atoms with van der Waals surface area (Å²) in [5, 5.41) is 0. The predicted octanol–water partition coefficient (Wildman–Crippen LogP) is 0.299. The lowest BCUT2D eigenvalue weighted by molar-refractivity contribution is -0.155.